The molecule has 3 rings (SSSR count). The Kier molecular flexibility index (Phi) is 4.08. The first-order valence-corrected chi connectivity index (χ1v) is 8.31. The standard InChI is InChI=1S/C19H18O2S/c1-12-9-14(10-13(2)19(12)21)3-5-17(20)15-4-6-18-16(11-15)7-8-22-18/h3-6,9-11,21H,7-8H2,1-2H3/b5-3+. The third-order valence-electron chi connectivity index (χ3n) is 3.91. The van der Waals surface area contributed by atoms with Crippen LogP contribution in [0.25, 0.3) is 6.08 Å². The molecule has 0 saturated heterocycles. The highest BCUT2D eigenvalue weighted by Gasteiger charge is 2.13. The van der Waals surface area contributed by atoms with Crippen LogP contribution in [0.1, 0.15) is 32.6 Å². The van der Waals surface area contributed by atoms with E-state index in [0.717, 1.165) is 34.4 Å². The van der Waals surface area contributed by atoms with Gasteiger partial charge in [0.2, 0.25) is 0 Å². The van der Waals surface area contributed by atoms with E-state index in [2.05, 4.69) is 0 Å². The van der Waals surface area contributed by atoms with Gasteiger partial charge in [0.25, 0.3) is 0 Å². The summed E-state index contributed by atoms with van der Waals surface area (Å²) in [4.78, 5) is 13.6. The van der Waals surface area contributed by atoms with Gasteiger partial charge in [-0.2, -0.15) is 0 Å². The molecule has 0 radical (unpaired) electrons. The molecule has 2 nitrogen and oxygen atoms in total. The Morgan fingerprint density at radius 2 is 1.91 bits per heavy atom. The molecule has 0 amide bonds. The molecule has 1 aliphatic heterocycles. The number of rotatable bonds is 3. The summed E-state index contributed by atoms with van der Waals surface area (Å²) in [7, 11) is 0. The van der Waals surface area contributed by atoms with Crippen LogP contribution in [-0.4, -0.2) is 16.6 Å². The van der Waals surface area contributed by atoms with Gasteiger partial charge in [-0.3, -0.25) is 4.79 Å². The Balaban J connectivity index is 1.82. The topological polar surface area (TPSA) is 37.3 Å². The Hall–Kier alpha value is -2.00. The van der Waals surface area contributed by atoms with Crippen molar-refractivity contribution in [2.75, 3.05) is 5.75 Å². The molecule has 112 valence electrons. The molecule has 0 aromatic heterocycles. The number of phenols is 1. The van der Waals surface area contributed by atoms with Crippen molar-refractivity contribution in [2.24, 2.45) is 0 Å². The second-order valence-corrected chi connectivity index (χ2v) is 6.76. The lowest BCUT2D eigenvalue weighted by atomic mass is 10.0. The van der Waals surface area contributed by atoms with Crippen LogP contribution in [0.5, 0.6) is 5.75 Å². The van der Waals surface area contributed by atoms with Gasteiger partial charge >= 0.3 is 0 Å². The number of hydrogen-bond acceptors (Lipinski definition) is 3. The molecule has 1 heterocycles. The number of thioether (sulfide) groups is 1. The van der Waals surface area contributed by atoms with Crippen molar-refractivity contribution in [1.82, 2.24) is 0 Å². The van der Waals surface area contributed by atoms with Crippen molar-refractivity contribution in [3.63, 3.8) is 0 Å². The molecule has 2 aromatic rings. The second kappa shape index (κ2) is 6.01. The zero-order valence-electron chi connectivity index (χ0n) is 12.7. The molecule has 0 fully saturated rings. The van der Waals surface area contributed by atoms with Gasteiger partial charge in [0.15, 0.2) is 5.78 Å². The maximum absolute atomic E-state index is 12.3. The molecule has 2 aromatic carbocycles. The number of fused-ring (bicyclic) bond motifs is 1. The zero-order chi connectivity index (χ0) is 15.7. The summed E-state index contributed by atoms with van der Waals surface area (Å²) in [5, 5.41) is 9.78. The first kappa shape index (κ1) is 14.9. The number of carbonyl (C=O) groups excluding carboxylic acids is 1. The smallest absolute Gasteiger partial charge is 0.185 e. The van der Waals surface area contributed by atoms with Gasteiger partial charge in [-0.15, -0.1) is 11.8 Å². The minimum atomic E-state index is 0.0167. The number of phenolic OH excluding ortho intramolecular Hbond substituents is 1. The summed E-state index contributed by atoms with van der Waals surface area (Å²) in [6, 6.07) is 9.71. The maximum atomic E-state index is 12.3. The number of aryl methyl sites for hydroxylation is 3. The molecular formula is C19H18O2S. The monoisotopic (exact) mass is 310 g/mol. The summed E-state index contributed by atoms with van der Waals surface area (Å²) in [5.74, 6) is 1.44. The minimum Gasteiger partial charge on any atom is -0.507 e. The van der Waals surface area contributed by atoms with E-state index in [9.17, 15) is 9.90 Å². The van der Waals surface area contributed by atoms with E-state index in [1.807, 2.05) is 62.0 Å². The van der Waals surface area contributed by atoms with E-state index in [1.54, 1.807) is 6.08 Å². The predicted molar refractivity (Wildman–Crippen MR) is 91.8 cm³/mol. The van der Waals surface area contributed by atoms with Crippen LogP contribution < -0.4 is 0 Å². The molecule has 0 aliphatic carbocycles. The lowest BCUT2D eigenvalue weighted by Gasteiger charge is -2.05. The summed E-state index contributed by atoms with van der Waals surface area (Å²) < 4.78 is 0. The van der Waals surface area contributed by atoms with Crippen molar-refractivity contribution in [3.8, 4) is 5.75 Å². The van der Waals surface area contributed by atoms with Gasteiger partial charge in [0.1, 0.15) is 5.75 Å². The van der Waals surface area contributed by atoms with Gasteiger partial charge < -0.3 is 5.11 Å². The van der Waals surface area contributed by atoms with Crippen LogP contribution in [0.15, 0.2) is 41.3 Å². The average Bonchev–Trinajstić information content (AvgIpc) is 2.97. The Morgan fingerprint density at radius 3 is 2.64 bits per heavy atom. The summed E-state index contributed by atoms with van der Waals surface area (Å²) >= 11 is 1.85. The first-order valence-electron chi connectivity index (χ1n) is 7.33. The van der Waals surface area contributed by atoms with E-state index >= 15 is 0 Å². The van der Waals surface area contributed by atoms with Crippen LogP contribution >= 0.6 is 11.8 Å². The molecule has 1 N–H and O–H groups in total. The van der Waals surface area contributed by atoms with Crippen molar-refractivity contribution >= 4 is 23.6 Å². The number of ketones is 1. The number of carbonyl (C=O) groups is 1. The van der Waals surface area contributed by atoms with E-state index < -0.39 is 0 Å². The summed E-state index contributed by atoms with van der Waals surface area (Å²) in [6.07, 6.45) is 4.46. The molecule has 1 aliphatic rings. The van der Waals surface area contributed by atoms with Crippen LogP contribution in [0, 0.1) is 13.8 Å². The predicted octanol–water partition coefficient (Wildman–Crippen LogP) is 4.55. The summed E-state index contributed by atoms with van der Waals surface area (Å²) in [5.41, 5.74) is 4.59. The fraction of sp³-hybridized carbons (Fsp3) is 0.211. The molecule has 22 heavy (non-hydrogen) atoms. The lowest BCUT2D eigenvalue weighted by Crippen LogP contribution is -1.95. The fourth-order valence-corrected chi connectivity index (χ4v) is 3.75. The van der Waals surface area contributed by atoms with Crippen LogP contribution in [-0.2, 0) is 6.42 Å². The number of aromatic hydroxyl groups is 1. The molecule has 0 atom stereocenters. The maximum Gasteiger partial charge on any atom is 0.185 e. The third-order valence-corrected chi connectivity index (χ3v) is 5.03. The van der Waals surface area contributed by atoms with Crippen LogP contribution in [0.4, 0.5) is 0 Å². The van der Waals surface area contributed by atoms with Gasteiger partial charge in [-0.25, -0.2) is 0 Å². The zero-order valence-corrected chi connectivity index (χ0v) is 13.5. The van der Waals surface area contributed by atoms with Crippen molar-refractivity contribution in [1.29, 1.82) is 0 Å². The van der Waals surface area contributed by atoms with Gasteiger partial charge in [-0.05, 0) is 78.9 Å². The Labute approximate surface area is 134 Å². The second-order valence-electron chi connectivity index (χ2n) is 5.62. The Morgan fingerprint density at radius 1 is 1.18 bits per heavy atom. The van der Waals surface area contributed by atoms with Gasteiger partial charge in [-0.1, -0.05) is 6.08 Å². The van der Waals surface area contributed by atoms with Crippen LogP contribution in [0.2, 0.25) is 0 Å². The number of hydrogen-bond donors (Lipinski definition) is 1. The van der Waals surface area contributed by atoms with E-state index in [4.69, 9.17) is 0 Å². The third kappa shape index (κ3) is 2.95. The quantitative estimate of drug-likeness (QED) is 0.667. The van der Waals surface area contributed by atoms with Crippen molar-refractivity contribution < 1.29 is 9.90 Å². The van der Waals surface area contributed by atoms with Gasteiger partial charge in [0, 0.05) is 16.2 Å². The largest absolute Gasteiger partial charge is 0.507 e. The molecule has 0 saturated carbocycles. The molecule has 0 spiro atoms. The van der Waals surface area contributed by atoms with E-state index in [-0.39, 0.29) is 5.78 Å². The lowest BCUT2D eigenvalue weighted by molar-refractivity contribution is 0.104. The summed E-state index contributed by atoms with van der Waals surface area (Å²) in [6.45, 7) is 3.72. The molecule has 0 unspecified atom stereocenters. The van der Waals surface area contributed by atoms with E-state index in [1.165, 1.54) is 10.5 Å². The fourth-order valence-electron chi connectivity index (χ4n) is 2.69. The normalized spacial score (nSPS) is 13.5. The first-order chi connectivity index (χ1) is 10.5. The highest BCUT2D eigenvalue weighted by atomic mass is 32.2. The van der Waals surface area contributed by atoms with Crippen molar-refractivity contribution in [2.45, 2.75) is 25.2 Å². The van der Waals surface area contributed by atoms with Crippen molar-refractivity contribution in [3.05, 3.63) is 64.2 Å². The molecular weight excluding hydrogens is 292 g/mol. The Bertz CT molecular complexity index is 752. The van der Waals surface area contributed by atoms with E-state index in [0.29, 0.717) is 5.75 Å². The number of allylic oxidation sites excluding steroid dienone is 1. The highest BCUT2D eigenvalue weighted by Crippen LogP contribution is 2.31. The number of benzene rings is 2. The molecule has 3 heteroatoms. The minimum absolute atomic E-state index is 0.0167. The highest BCUT2D eigenvalue weighted by molar-refractivity contribution is 7.99. The average molecular weight is 310 g/mol. The van der Waals surface area contributed by atoms with Gasteiger partial charge in [0.05, 0.1) is 0 Å². The van der Waals surface area contributed by atoms with Crippen LogP contribution in [0.3, 0.4) is 0 Å². The molecule has 0 bridgehead atoms. The SMILES string of the molecule is Cc1cc(/C=C/C(=O)c2ccc3c(c2)CCS3)cc(C)c1O.